The van der Waals surface area contributed by atoms with Crippen molar-refractivity contribution in [2.45, 2.75) is 13.1 Å². The van der Waals surface area contributed by atoms with Crippen LogP contribution in [0.2, 0.25) is 0 Å². The lowest BCUT2D eigenvalue weighted by atomic mass is 10.2. The minimum atomic E-state index is -0.292. The normalized spacial score (nSPS) is 10.8. The summed E-state index contributed by atoms with van der Waals surface area (Å²) in [5.74, 6) is 1.64. The largest absolute Gasteiger partial charge is 0.494 e. The lowest BCUT2D eigenvalue weighted by molar-refractivity contribution is -0.117. The van der Waals surface area contributed by atoms with E-state index in [1.54, 1.807) is 61.1 Å². The number of furan rings is 2. The quantitative estimate of drug-likeness (QED) is 0.312. The zero-order valence-electron chi connectivity index (χ0n) is 20.0. The number of hydrogen-bond donors (Lipinski definition) is 2. The summed E-state index contributed by atoms with van der Waals surface area (Å²) < 4.78 is 21.9. The van der Waals surface area contributed by atoms with Gasteiger partial charge in [-0.15, -0.1) is 0 Å². The molecule has 0 saturated heterocycles. The Hall–Kier alpha value is -4.50. The molecule has 36 heavy (non-hydrogen) atoms. The van der Waals surface area contributed by atoms with Crippen LogP contribution in [0.15, 0.2) is 88.1 Å². The van der Waals surface area contributed by atoms with Gasteiger partial charge in [-0.3, -0.25) is 14.5 Å². The number of ether oxygens (including phenoxy) is 2. The molecule has 0 saturated carbocycles. The molecule has 0 atom stereocenters. The molecule has 4 aromatic rings. The van der Waals surface area contributed by atoms with E-state index in [1.165, 1.54) is 14.2 Å². The van der Waals surface area contributed by atoms with E-state index in [0.717, 1.165) is 11.5 Å². The van der Waals surface area contributed by atoms with Crippen LogP contribution in [0.25, 0.3) is 0 Å². The smallest absolute Gasteiger partial charge is 0.255 e. The van der Waals surface area contributed by atoms with Crippen molar-refractivity contribution >= 4 is 23.2 Å². The van der Waals surface area contributed by atoms with Crippen LogP contribution in [0.4, 0.5) is 11.4 Å². The van der Waals surface area contributed by atoms with Crippen LogP contribution < -0.4 is 20.1 Å². The number of amides is 2. The van der Waals surface area contributed by atoms with Gasteiger partial charge in [0.05, 0.1) is 57.8 Å². The van der Waals surface area contributed by atoms with E-state index in [0.29, 0.717) is 41.5 Å². The number of hydrogen-bond acceptors (Lipinski definition) is 7. The highest BCUT2D eigenvalue weighted by atomic mass is 16.5. The zero-order chi connectivity index (χ0) is 25.3. The third kappa shape index (κ3) is 6.34. The highest BCUT2D eigenvalue weighted by molar-refractivity contribution is 6.05. The molecule has 2 heterocycles. The molecule has 0 aliphatic carbocycles. The first-order valence-corrected chi connectivity index (χ1v) is 11.2. The summed E-state index contributed by atoms with van der Waals surface area (Å²) in [4.78, 5) is 27.5. The third-order valence-corrected chi connectivity index (χ3v) is 5.37. The number of methoxy groups -OCH3 is 2. The molecule has 0 aliphatic heterocycles. The van der Waals surface area contributed by atoms with Gasteiger partial charge in [-0.2, -0.15) is 0 Å². The van der Waals surface area contributed by atoms with Crippen LogP contribution in [0.5, 0.6) is 11.5 Å². The standard InChI is InChI=1S/C27H27N3O6/c1-33-24-15-23(29-27(32)19-8-4-3-5-9-19)25(34-2)14-22(24)28-26(31)18-30(16-20-10-6-12-35-20)17-21-11-7-13-36-21/h3-15H,16-18H2,1-2H3,(H,28,31)(H,29,32). The molecule has 0 radical (unpaired) electrons. The van der Waals surface area contributed by atoms with Gasteiger partial charge >= 0.3 is 0 Å². The third-order valence-electron chi connectivity index (χ3n) is 5.37. The predicted octanol–water partition coefficient (Wildman–Crippen LogP) is 4.78. The number of nitrogens with one attached hydrogen (secondary N) is 2. The van der Waals surface area contributed by atoms with Gasteiger partial charge < -0.3 is 28.9 Å². The van der Waals surface area contributed by atoms with Crippen molar-refractivity contribution in [1.82, 2.24) is 4.90 Å². The minimum Gasteiger partial charge on any atom is -0.494 e. The van der Waals surface area contributed by atoms with Crippen LogP contribution in [0, 0.1) is 0 Å². The van der Waals surface area contributed by atoms with Crippen molar-refractivity contribution < 1.29 is 27.9 Å². The number of carbonyl (C=O) groups is 2. The molecule has 186 valence electrons. The molecule has 0 fully saturated rings. The summed E-state index contributed by atoms with van der Waals surface area (Å²) in [5.41, 5.74) is 1.33. The first-order valence-electron chi connectivity index (χ1n) is 11.2. The fourth-order valence-corrected chi connectivity index (χ4v) is 3.68. The Morgan fingerprint density at radius 1 is 0.778 bits per heavy atom. The van der Waals surface area contributed by atoms with Gasteiger partial charge in [0, 0.05) is 17.7 Å². The molecule has 2 aromatic carbocycles. The highest BCUT2D eigenvalue weighted by Gasteiger charge is 2.19. The molecule has 0 bridgehead atoms. The van der Waals surface area contributed by atoms with Crippen molar-refractivity contribution in [3.8, 4) is 11.5 Å². The maximum absolute atomic E-state index is 13.0. The molecule has 0 spiro atoms. The molecule has 0 unspecified atom stereocenters. The summed E-state index contributed by atoms with van der Waals surface area (Å²) in [6.45, 7) is 0.914. The molecule has 2 N–H and O–H groups in total. The zero-order valence-corrected chi connectivity index (χ0v) is 20.0. The van der Waals surface area contributed by atoms with E-state index in [4.69, 9.17) is 18.3 Å². The van der Waals surface area contributed by atoms with Crippen molar-refractivity contribution in [2.75, 3.05) is 31.4 Å². The Morgan fingerprint density at radius 3 is 1.83 bits per heavy atom. The van der Waals surface area contributed by atoms with Crippen LogP contribution in [0.3, 0.4) is 0 Å². The maximum Gasteiger partial charge on any atom is 0.255 e. The number of benzene rings is 2. The number of rotatable bonds is 11. The van der Waals surface area contributed by atoms with Gasteiger partial charge in [-0.1, -0.05) is 18.2 Å². The summed E-state index contributed by atoms with van der Waals surface area (Å²) in [7, 11) is 2.97. The Kier molecular flexibility index (Phi) is 8.05. The fourth-order valence-electron chi connectivity index (χ4n) is 3.68. The van der Waals surface area contributed by atoms with Gasteiger partial charge in [0.15, 0.2) is 0 Å². The van der Waals surface area contributed by atoms with Crippen molar-refractivity contribution in [2.24, 2.45) is 0 Å². The average Bonchev–Trinajstić information content (AvgIpc) is 3.59. The molecule has 9 heteroatoms. The molecular weight excluding hydrogens is 462 g/mol. The van der Waals surface area contributed by atoms with E-state index in [2.05, 4.69) is 10.6 Å². The second kappa shape index (κ2) is 11.8. The summed E-state index contributed by atoms with van der Waals surface area (Å²) in [5, 5.41) is 5.71. The topological polar surface area (TPSA) is 106 Å². The Labute approximate surface area is 208 Å². The predicted molar refractivity (Wildman–Crippen MR) is 134 cm³/mol. The minimum absolute atomic E-state index is 0.0688. The summed E-state index contributed by atoms with van der Waals surface area (Å²) in [6, 6.07) is 19.4. The van der Waals surface area contributed by atoms with Gasteiger partial charge in [-0.25, -0.2) is 0 Å². The van der Waals surface area contributed by atoms with E-state index in [1.807, 2.05) is 23.1 Å². The Balaban J connectivity index is 1.49. The highest BCUT2D eigenvalue weighted by Crippen LogP contribution is 2.36. The first-order chi connectivity index (χ1) is 17.6. The van der Waals surface area contributed by atoms with E-state index < -0.39 is 0 Å². The molecule has 2 aromatic heterocycles. The van der Waals surface area contributed by atoms with Crippen LogP contribution in [-0.2, 0) is 17.9 Å². The number of nitrogens with zero attached hydrogens (tertiary/aromatic N) is 1. The molecular formula is C27H27N3O6. The van der Waals surface area contributed by atoms with Crippen molar-refractivity contribution in [3.63, 3.8) is 0 Å². The number of carbonyl (C=O) groups excluding carboxylic acids is 2. The van der Waals surface area contributed by atoms with Crippen molar-refractivity contribution in [1.29, 1.82) is 0 Å². The number of anilines is 2. The Morgan fingerprint density at radius 2 is 1.33 bits per heavy atom. The van der Waals surface area contributed by atoms with E-state index in [9.17, 15) is 9.59 Å². The fraction of sp³-hybridized carbons (Fsp3) is 0.185. The lowest BCUT2D eigenvalue weighted by Gasteiger charge is -2.21. The van der Waals surface area contributed by atoms with E-state index in [-0.39, 0.29) is 18.4 Å². The Bertz CT molecular complexity index is 1230. The monoisotopic (exact) mass is 489 g/mol. The van der Waals surface area contributed by atoms with Gasteiger partial charge in [0.1, 0.15) is 23.0 Å². The SMILES string of the molecule is COc1cc(NC(=O)c2ccccc2)c(OC)cc1NC(=O)CN(Cc1ccco1)Cc1ccco1. The summed E-state index contributed by atoms with van der Waals surface area (Å²) >= 11 is 0. The van der Waals surface area contributed by atoms with Gasteiger partial charge in [0.25, 0.3) is 5.91 Å². The van der Waals surface area contributed by atoms with Crippen LogP contribution in [-0.4, -0.2) is 37.5 Å². The van der Waals surface area contributed by atoms with E-state index >= 15 is 0 Å². The van der Waals surface area contributed by atoms with Gasteiger partial charge in [-0.05, 0) is 36.4 Å². The molecule has 2 amide bonds. The first kappa shape index (κ1) is 24.6. The van der Waals surface area contributed by atoms with Crippen LogP contribution in [0.1, 0.15) is 21.9 Å². The molecule has 9 nitrogen and oxygen atoms in total. The van der Waals surface area contributed by atoms with Crippen molar-refractivity contribution in [3.05, 3.63) is 96.3 Å². The molecule has 4 rings (SSSR count). The summed E-state index contributed by atoms with van der Waals surface area (Å²) in [6.07, 6.45) is 3.19. The second-order valence-electron chi connectivity index (χ2n) is 7.92. The van der Waals surface area contributed by atoms with Gasteiger partial charge in [0.2, 0.25) is 5.91 Å². The van der Waals surface area contributed by atoms with Crippen LogP contribution >= 0.6 is 0 Å². The maximum atomic E-state index is 13.0. The second-order valence-corrected chi connectivity index (χ2v) is 7.92. The molecule has 0 aliphatic rings. The lowest BCUT2D eigenvalue weighted by Crippen LogP contribution is -2.32. The average molecular weight is 490 g/mol.